The highest BCUT2D eigenvalue weighted by Gasteiger charge is 2.17. The van der Waals surface area contributed by atoms with Gasteiger partial charge in [0.05, 0.1) is 11.0 Å². The third-order valence-electron chi connectivity index (χ3n) is 5.78. The van der Waals surface area contributed by atoms with E-state index < -0.39 is 0 Å². The van der Waals surface area contributed by atoms with Crippen LogP contribution in [0.5, 0.6) is 0 Å². The van der Waals surface area contributed by atoms with Gasteiger partial charge in [0, 0.05) is 17.8 Å². The molecule has 2 aromatic carbocycles. The van der Waals surface area contributed by atoms with Crippen molar-refractivity contribution in [3.8, 4) is 5.69 Å². The highest BCUT2D eigenvalue weighted by atomic mass is 16.1. The number of rotatable bonds is 5. The first kappa shape index (κ1) is 18.7. The molecular formula is C23H28N4O. The quantitative estimate of drug-likeness (QED) is 0.737. The van der Waals surface area contributed by atoms with Crippen LogP contribution in [-0.2, 0) is 0 Å². The summed E-state index contributed by atoms with van der Waals surface area (Å²) in [6.07, 6.45) is 3.52. The summed E-state index contributed by atoms with van der Waals surface area (Å²) in [6.45, 7) is 5.06. The van der Waals surface area contributed by atoms with E-state index in [0.717, 1.165) is 41.4 Å². The van der Waals surface area contributed by atoms with Crippen LogP contribution in [0.3, 0.4) is 0 Å². The SMILES string of the molecule is Cc1nc2cc(C(=O)NCCC3CCN(C)CC3)ccc2n1-c1ccccc1. The number of aromatic nitrogens is 2. The molecule has 1 aliphatic rings. The molecule has 146 valence electrons. The van der Waals surface area contributed by atoms with Crippen LogP contribution in [0.4, 0.5) is 0 Å². The van der Waals surface area contributed by atoms with E-state index in [-0.39, 0.29) is 5.91 Å². The summed E-state index contributed by atoms with van der Waals surface area (Å²) in [5, 5.41) is 3.09. The Morgan fingerprint density at radius 1 is 1.14 bits per heavy atom. The summed E-state index contributed by atoms with van der Waals surface area (Å²) >= 11 is 0. The summed E-state index contributed by atoms with van der Waals surface area (Å²) < 4.78 is 2.12. The van der Waals surface area contributed by atoms with Gasteiger partial charge in [-0.05, 0) is 82.6 Å². The van der Waals surface area contributed by atoms with E-state index in [4.69, 9.17) is 0 Å². The highest BCUT2D eigenvalue weighted by Crippen LogP contribution is 2.22. The highest BCUT2D eigenvalue weighted by molar-refractivity contribution is 5.97. The molecule has 1 aromatic heterocycles. The molecule has 4 rings (SSSR count). The van der Waals surface area contributed by atoms with Crippen molar-refractivity contribution in [3.05, 3.63) is 59.9 Å². The largest absolute Gasteiger partial charge is 0.352 e. The predicted molar refractivity (Wildman–Crippen MR) is 113 cm³/mol. The molecule has 0 bridgehead atoms. The van der Waals surface area contributed by atoms with Crippen LogP contribution in [0, 0.1) is 12.8 Å². The number of likely N-dealkylation sites (tertiary alicyclic amines) is 1. The molecule has 1 N–H and O–H groups in total. The van der Waals surface area contributed by atoms with E-state index in [0.29, 0.717) is 5.56 Å². The van der Waals surface area contributed by atoms with Gasteiger partial charge in [-0.1, -0.05) is 18.2 Å². The first-order valence-corrected chi connectivity index (χ1v) is 10.1. The Hall–Kier alpha value is -2.66. The topological polar surface area (TPSA) is 50.2 Å². The van der Waals surface area contributed by atoms with Crippen LogP contribution in [0.1, 0.15) is 35.4 Å². The van der Waals surface area contributed by atoms with Crippen LogP contribution in [0.2, 0.25) is 0 Å². The minimum Gasteiger partial charge on any atom is -0.352 e. The number of hydrogen-bond donors (Lipinski definition) is 1. The maximum absolute atomic E-state index is 12.6. The summed E-state index contributed by atoms with van der Waals surface area (Å²) in [5.41, 5.74) is 3.63. The fourth-order valence-electron chi connectivity index (χ4n) is 4.09. The number of nitrogens with zero attached hydrogens (tertiary/aromatic N) is 3. The van der Waals surface area contributed by atoms with Crippen LogP contribution < -0.4 is 5.32 Å². The summed E-state index contributed by atoms with van der Waals surface area (Å²) in [7, 11) is 2.18. The maximum atomic E-state index is 12.6. The van der Waals surface area contributed by atoms with Crippen molar-refractivity contribution in [3.63, 3.8) is 0 Å². The van der Waals surface area contributed by atoms with Gasteiger partial charge in [0.1, 0.15) is 5.82 Å². The van der Waals surface area contributed by atoms with E-state index in [9.17, 15) is 4.79 Å². The van der Waals surface area contributed by atoms with E-state index in [1.54, 1.807) is 0 Å². The van der Waals surface area contributed by atoms with Crippen LogP contribution in [0.25, 0.3) is 16.7 Å². The number of benzene rings is 2. The number of piperidine rings is 1. The Balaban J connectivity index is 1.44. The number of amides is 1. The van der Waals surface area contributed by atoms with Crippen molar-refractivity contribution in [2.24, 2.45) is 5.92 Å². The Bertz CT molecular complexity index is 955. The number of carbonyl (C=O) groups is 1. The fourth-order valence-corrected chi connectivity index (χ4v) is 4.09. The molecule has 2 heterocycles. The lowest BCUT2D eigenvalue weighted by Gasteiger charge is -2.28. The second-order valence-electron chi connectivity index (χ2n) is 7.82. The molecule has 28 heavy (non-hydrogen) atoms. The zero-order valence-electron chi connectivity index (χ0n) is 16.7. The zero-order chi connectivity index (χ0) is 19.5. The molecule has 5 heteroatoms. The summed E-state index contributed by atoms with van der Waals surface area (Å²) in [5.74, 6) is 1.63. The van der Waals surface area contributed by atoms with Gasteiger partial charge >= 0.3 is 0 Å². The number of imidazole rings is 1. The molecule has 5 nitrogen and oxygen atoms in total. The van der Waals surface area contributed by atoms with E-state index in [1.165, 1.54) is 25.9 Å². The van der Waals surface area contributed by atoms with Crippen molar-refractivity contribution >= 4 is 16.9 Å². The van der Waals surface area contributed by atoms with Crippen molar-refractivity contribution in [2.45, 2.75) is 26.2 Å². The van der Waals surface area contributed by atoms with Gasteiger partial charge in [0.15, 0.2) is 0 Å². The third-order valence-corrected chi connectivity index (χ3v) is 5.78. The van der Waals surface area contributed by atoms with Crippen molar-refractivity contribution in [1.29, 1.82) is 0 Å². The molecule has 0 aliphatic carbocycles. The molecule has 0 saturated carbocycles. The molecule has 1 aliphatic heterocycles. The summed E-state index contributed by atoms with van der Waals surface area (Å²) in [6, 6.07) is 16.0. The lowest BCUT2D eigenvalue weighted by molar-refractivity contribution is 0.0949. The monoisotopic (exact) mass is 376 g/mol. The predicted octanol–water partition coefficient (Wildman–Crippen LogP) is 3.80. The number of hydrogen-bond acceptors (Lipinski definition) is 3. The van der Waals surface area contributed by atoms with Crippen LogP contribution >= 0.6 is 0 Å². The lowest BCUT2D eigenvalue weighted by Crippen LogP contribution is -2.32. The first-order valence-electron chi connectivity index (χ1n) is 10.1. The number of carbonyl (C=O) groups excluding carboxylic acids is 1. The number of para-hydroxylation sites is 1. The van der Waals surface area contributed by atoms with Gasteiger partial charge in [-0.3, -0.25) is 9.36 Å². The minimum atomic E-state index is -0.0123. The zero-order valence-corrected chi connectivity index (χ0v) is 16.7. The Morgan fingerprint density at radius 3 is 2.64 bits per heavy atom. The second-order valence-corrected chi connectivity index (χ2v) is 7.82. The Morgan fingerprint density at radius 2 is 1.89 bits per heavy atom. The van der Waals surface area contributed by atoms with E-state index >= 15 is 0 Å². The molecule has 0 radical (unpaired) electrons. The molecule has 1 fully saturated rings. The van der Waals surface area contributed by atoms with Gasteiger partial charge in [0.25, 0.3) is 5.91 Å². The van der Waals surface area contributed by atoms with Crippen molar-refractivity contribution in [2.75, 3.05) is 26.7 Å². The van der Waals surface area contributed by atoms with Crippen molar-refractivity contribution in [1.82, 2.24) is 19.8 Å². The standard InChI is InChI=1S/C23H28N4O/c1-17-25-21-16-19(8-9-22(21)27(17)20-6-4-3-5-7-20)23(28)24-13-10-18-11-14-26(2)15-12-18/h3-9,16,18H,10-15H2,1-2H3,(H,24,28). The molecule has 1 amide bonds. The maximum Gasteiger partial charge on any atom is 0.251 e. The molecule has 0 spiro atoms. The van der Waals surface area contributed by atoms with Gasteiger partial charge in [0.2, 0.25) is 0 Å². The first-order chi connectivity index (χ1) is 13.6. The smallest absolute Gasteiger partial charge is 0.251 e. The Labute approximate surface area is 166 Å². The minimum absolute atomic E-state index is 0.0123. The van der Waals surface area contributed by atoms with Crippen LogP contribution in [0.15, 0.2) is 48.5 Å². The average Bonchev–Trinajstić information content (AvgIpc) is 3.05. The van der Waals surface area contributed by atoms with Gasteiger partial charge in [-0.25, -0.2) is 4.98 Å². The molecule has 3 aromatic rings. The molecule has 1 saturated heterocycles. The van der Waals surface area contributed by atoms with E-state index in [1.807, 2.05) is 43.3 Å². The van der Waals surface area contributed by atoms with Gasteiger partial charge in [-0.15, -0.1) is 0 Å². The third kappa shape index (κ3) is 3.94. The fraction of sp³-hybridized carbons (Fsp3) is 0.391. The molecular weight excluding hydrogens is 348 g/mol. The van der Waals surface area contributed by atoms with E-state index in [2.05, 4.69) is 38.9 Å². The summed E-state index contributed by atoms with van der Waals surface area (Å²) in [4.78, 5) is 19.6. The Kier molecular flexibility index (Phi) is 5.44. The molecule has 0 atom stereocenters. The molecule has 0 unspecified atom stereocenters. The number of nitrogens with one attached hydrogen (secondary N) is 1. The second kappa shape index (κ2) is 8.15. The van der Waals surface area contributed by atoms with Crippen molar-refractivity contribution < 1.29 is 4.79 Å². The van der Waals surface area contributed by atoms with Crippen LogP contribution in [-0.4, -0.2) is 47.0 Å². The van der Waals surface area contributed by atoms with Gasteiger partial charge < -0.3 is 10.2 Å². The van der Waals surface area contributed by atoms with Gasteiger partial charge in [-0.2, -0.15) is 0 Å². The number of aryl methyl sites for hydroxylation is 1. The average molecular weight is 377 g/mol. The number of fused-ring (bicyclic) bond motifs is 1. The lowest BCUT2D eigenvalue weighted by atomic mass is 9.94. The normalized spacial score (nSPS) is 15.8.